The fourth-order valence-corrected chi connectivity index (χ4v) is 5.48. The molecule has 2 N–H and O–H groups in total. The second kappa shape index (κ2) is 6.98. The molecule has 0 bridgehead atoms. The van der Waals surface area contributed by atoms with E-state index in [4.69, 9.17) is 0 Å². The third kappa shape index (κ3) is 3.17. The van der Waals surface area contributed by atoms with Crippen molar-refractivity contribution in [3.8, 4) is 0 Å². The molecule has 0 heterocycles. The van der Waals surface area contributed by atoms with Crippen LogP contribution >= 0.6 is 7.14 Å². The number of benzene rings is 3. The Kier molecular flexibility index (Phi) is 4.74. The van der Waals surface area contributed by atoms with Crippen molar-refractivity contribution in [1.29, 1.82) is 0 Å². The molecule has 0 spiro atoms. The van der Waals surface area contributed by atoms with Crippen LogP contribution in [0.5, 0.6) is 0 Å². The Bertz CT molecular complexity index is 937. The van der Waals surface area contributed by atoms with Gasteiger partial charge < -0.3 is 14.8 Å². The van der Waals surface area contributed by atoms with Crippen LogP contribution in [0, 0.1) is 0 Å². The van der Waals surface area contributed by atoms with Crippen LogP contribution in [-0.2, 0) is 4.57 Å². The van der Waals surface area contributed by atoms with Crippen molar-refractivity contribution in [3.05, 3.63) is 90.0 Å². The Morgan fingerprint density at radius 1 is 0.615 bits per heavy atom. The predicted molar refractivity (Wildman–Crippen MR) is 99.8 cm³/mol. The summed E-state index contributed by atoms with van der Waals surface area (Å²) < 4.78 is 14.2. The van der Waals surface area contributed by atoms with Gasteiger partial charge in [-0.3, -0.25) is 0 Å². The van der Waals surface area contributed by atoms with Gasteiger partial charge in [-0.2, -0.15) is 0 Å². The highest BCUT2D eigenvalue weighted by molar-refractivity contribution is 7.85. The number of carboxylic acids is 2. The van der Waals surface area contributed by atoms with E-state index in [1.807, 2.05) is 0 Å². The molecule has 26 heavy (non-hydrogen) atoms. The third-order valence-corrected chi connectivity index (χ3v) is 7.05. The number of hydrogen-bond acceptors (Lipinski definition) is 3. The number of carbonyl (C=O) groups is 2. The topological polar surface area (TPSA) is 91.7 Å². The smallest absolute Gasteiger partial charge is 0.335 e. The number of aromatic carboxylic acids is 2. The summed E-state index contributed by atoms with van der Waals surface area (Å²) in [6, 6.07) is 21.0. The largest absolute Gasteiger partial charge is 0.478 e. The van der Waals surface area contributed by atoms with Crippen LogP contribution in [0.15, 0.2) is 78.9 Å². The lowest BCUT2D eigenvalue weighted by Crippen LogP contribution is -2.26. The summed E-state index contributed by atoms with van der Waals surface area (Å²) in [6.07, 6.45) is 0. The molecular weight excluding hydrogens is 351 g/mol. The standard InChI is InChI=1S/C20H15O5P/c21-19(22)14-11-15(20(23)24)13-18(12-14)26(25,16-7-3-1-4-8-16)17-9-5-2-6-10-17/h1-13H,(H,21,22)(H,23,24). The van der Waals surface area contributed by atoms with Crippen molar-refractivity contribution < 1.29 is 24.4 Å². The molecule has 3 aromatic carbocycles. The Labute approximate surface area is 149 Å². The van der Waals surface area contributed by atoms with E-state index < -0.39 is 19.1 Å². The van der Waals surface area contributed by atoms with Gasteiger partial charge in [-0.1, -0.05) is 60.7 Å². The van der Waals surface area contributed by atoms with E-state index in [2.05, 4.69) is 0 Å². The quantitative estimate of drug-likeness (QED) is 0.678. The van der Waals surface area contributed by atoms with E-state index in [9.17, 15) is 24.4 Å². The van der Waals surface area contributed by atoms with E-state index in [1.54, 1.807) is 60.7 Å². The van der Waals surface area contributed by atoms with Gasteiger partial charge in [0, 0.05) is 15.9 Å². The minimum Gasteiger partial charge on any atom is -0.478 e. The summed E-state index contributed by atoms with van der Waals surface area (Å²) in [6.45, 7) is 0. The molecule has 6 heteroatoms. The summed E-state index contributed by atoms with van der Waals surface area (Å²) in [5.41, 5.74) is -0.432. The van der Waals surface area contributed by atoms with E-state index in [0.29, 0.717) is 10.6 Å². The Morgan fingerprint density at radius 3 is 1.35 bits per heavy atom. The van der Waals surface area contributed by atoms with Crippen LogP contribution in [-0.4, -0.2) is 22.2 Å². The summed E-state index contributed by atoms with van der Waals surface area (Å²) >= 11 is 0. The van der Waals surface area contributed by atoms with Crippen LogP contribution in [0.2, 0.25) is 0 Å². The molecule has 0 amide bonds. The zero-order valence-corrected chi connectivity index (χ0v) is 14.5. The molecule has 0 unspecified atom stereocenters. The Balaban J connectivity index is 2.36. The fourth-order valence-electron chi connectivity index (χ4n) is 2.76. The maximum absolute atomic E-state index is 14.2. The Hall–Kier alpha value is -3.17. The van der Waals surface area contributed by atoms with Crippen molar-refractivity contribution in [2.45, 2.75) is 0 Å². The second-order valence-electron chi connectivity index (χ2n) is 5.66. The van der Waals surface area contributed by atoms with E-state index >= 15 is 0 Å². The lowest BCUT2D eigenvalue weighted by molar-refractivity contribution is 0.0696. The van der Waals surface area contributed by atoms with Gasteiger partial charge in [0.05, 0.1) is 11.1 Å². The summed E-state index contributed by atoms with van der Waals surface area (Å²) in [4.78, 5) is 22.9. The molecule has 3 aromatic rings. The average Bonchev–Trinajstić information content (AvgIpc) is 2.68. The second-order valence-corrected chi connectivity index (χ2v) is 8.43. The molecule has 5 nitrogen and oxygen atoms in total. The molecular formula is C20H15O5P. The molecule has 0 aromatic heterocycles. The lowest BCUT2D eigenvalue weighted by atomic mass is 10.1. The van der Waals surface area contributed by atoms with Gasteiger partial charge in [-0.25, -0.2) is 9.59 Å². The van der Waals surface area contributed by atoms with Gasteiger partial charge >= 0.3 is 11.9 Å². The minimum absolute atomic E-state index is 0.173. The summed E-state index contributed by atoms with van der Waals surface area (Å²) in [5.74, 6) is -2.55. The molecule has 0 aliphatic rings. The SMILES string of the molecule is O=C(O)c1cc(C(=O)O)cc(P(=O)(c2ccccc2)c2ccccc2)c1. The highest BCUT2D eigenvalue weighted by Gasteiger charge is 2.31. The van der Waals surface area contributed by atoms with Crippen LogP contribution in [0.1, 0.15) is 20.7 Å². The first-order valence-corrected chi connectivity index (χ1v) is 9.47. The Morgan fingerprint density at radius 2 is 1.00 bits per heavy atom. The molecule has 0 aliphatic heterocycles. The van der Waals surface area contributed by atoms with E-state index in [0.717, 1.165) is 6.07 Å². The number of hydrogen-bond donors (Lipinski definition) is 2. The van der Waals surface area contributed by atoms with Crippen LogP contribution in [0.3, 0.4) is 0 Å². The first-order valence-electron chi connectivity index (χ1n) is 7.76. The number of carboxylic acid groups (broad SMARTS) is 2. The van der Waals surface area contributed by atoms with Crippen molar-refractivity contribution in [1.82, 2.24) is 0 Å². The summed E-state index contributed by atoms with van der Waals surface area (Å²) in [5, 5.41) is 19.9. The zero-order chi connectivity index (χ0) is 18.7. The van der Waals surface area contributed by atoms with Crippen LogP contribution in [0.4, 0.5) is 0 Å². The van der Waals surface area contributed by atoms with Crippen LogP contribution < -0.4 is 15.9 Å². The van der Waals surface area contributed by atoms with Crippen LogP contribution in [0.25, 0.3) is 0 Å². The number of rotatable bonds is 5. The highest BCUT2D eigenvalue weighted by Crippen LogP contribution is 2.42. The molecule has 0 saturated carbocycles. The van der Waals surface area contributed by atoms with Gasteiger partial charge in [0.2, 0.25) is 0 Å². The van der Waals surface area contributed by atoms with E-state index in [1.165, 1.54) is 12.1 Å². The first kappa shape index (κ1) is 17.6. The van der Waals surface area contributed by atoms with E-state index in [-0.39, 0.29) is 16.4 Å². The van der Waals surface area contributed by atoms with Gasteiger partial charge in [0.15, 0.2) is 7.14 Å². The molecule has 0 radical (unpaired) electrons. The normalized spacial score (nSPS) is 11.1. The average molecular weight is 366 g/mol. The molecule has 0 fully saturated rings. The third-order valence-electron chi connectivity index (χ3n) is 4.01. The summed E-state index contributed by atoms with van der Waals surface area (Å²) in [7, 11) is -3.44. The van der Waals surface area contributed by atoms with Crippen molar-refractivity contribution in [2.75, 3.05) is 0 Å². The molecule has 3 rings (SSSR count). The van der Waals surface area contributed by atoms with Crippen molar-refractivity contribution in [3.63, 3.8) is 0 Å². The predicted octanol–water partition coefficient (Wildman–Crippen LogP) is 2.72. The lowest BCUT2D eigenvalue weighted by Gasteiger charge is -2.20. The maximum atomic E-state index is 14.2. The molecule has 0 aliphatic carbocycles. The monoisotopic (exact) mass is 366 g/mol. The first-order chi connectivity index (χ1) is 12.4. The molecule has 0 atom stereocenters. The van der Waals surface area contributed by atoms with Crippen molar-refractivity contribution in [2.24, 2.45) is 0 Å². The maximum Gasteiger partial charge on any atom is 0.335 e. The van der Waals surface area contributed by atoms with Crippen molar-refractivity contribution >= 4 is 35.0 Å². The minimum atomic E-state index is -3.44. The van der Waals surface area contributed by atoms with Gasteiger partial charge in [0.1, 0.15) is 0 Å². The van der Waals surface area contributed by atoms with Gasteiger partial charge in [-0.05, 0) is 18.2 Å². The highest BCUT2D eigenvalue weighted by atomic mass is 31.2. The fraction of sp³-hybridized carbons (Fsp3) is 0. The van der Waals surface area contributed by atoms with Gasteiger partial charge in [0.25, 0.3) is 0 Å². The van der Waals surface area contributed by atoms with Gasteiger partial charge in [-0.15, -0.1) is 0 Å². The zero-order valence-electron chi connectivity index (χ0n) is 13.6. The molecule has 0 saturated heterocycles. The molecule has 130 valence electrons.